The highest BCUT2D eigenvalue weighted by Crippen LogP contribution is 2.42. The van der Waals surface area contributed by atoms with Gasteiger partial charge in [0, 0.05) is 0 Å². The molecule has 1 rings (SSSR count). The van der Waals surface area contributed by atoms with E-state index in [1.54, 1.807) is 0 Å². The smallest absolute Gasteiger partial charge is 0.317 e. The van der Waals surface area contributed by atoms with Crippen LogP contribution in [-0.2, 0) is 14.3 Å². The van der Waals surface area contributed by atoms with Gasteiger partial charge in [0.05, 0.1) is 12.3 Å². The molecule has 0 aromatic rings. The van der Waals surface area contributed by atoms with Crippen LogP contribution in [0, 0.1) is 11.3 Å². The first-order valence-corrected chi connectivity index (χ1v) is 5.78. The number of carbonyl (C=O) groups excluding carboxylic acids is 2. The second-order valence-corrected chi connectivity index (χ2v) is 4.70. The Morgan fingerprint density at radius 1 is 1.27 bits per heavy atom. The first-order chi connectivity index (χ1) is 7.03. The van der Waals surface area contributed by atoms with Gasteiger partial charge < -0.3 is 4.74 Å². The number of carbonyl (C=O) groups is 2. The summed E-state index contributed by atoms with van der Waals surface area (Å²) in [5.41, 5.74) is -0.0628. The lowest BCUT2D eigenvalue weighted by molar-refractivity contribution is -0.154. The molecule has 1 fully saturated rings. The van der Waals surface area contributed by atoms with Crippen LogP contribution < -0.4 is 0 Å². The molecule has 0 bridgehead atoms. The van der Waals surface area contributed by atoms with Gasteiger partial charge in [-0.15, -0.1) is 0 Å². The monoisotopic (exact) mass is 212 g/mol. The number of cyclic esters (lactones) is 2. The molecule has 1 atom stereocenters. The Morgan fingerprint density at radius 2 is 1.80 bits per heavy atom. The third-order valence-electron chi connectivity index (χ3n) is 3.35. The predicted octanol–water partition coefficient (Wildman–Crippen LogP) is 2.68. The van der Waals surface area contributed by atoms with Crippen LogP contribution in [0.25, 0.3) is 0 Å². The maximum absolute atomic E-state index is 11.5. The average molecular weight is 212 g/mol. The second-order valence-electron chi connectivity index (χ2n) is 4.70. The van der Waals surface area contributed by atoms with Crippen molar-refractivity contribution in [2.75, 3.05) is 0 Å². The van der Waals surface area contributed by atoms with Crippen molar-refractivity contribution >= 4 is 11.9 Å². The van der Waals surface area contributed by atoms with Crippen LogP contribution in [0.4, 0.5) is 0 Å². The van der Waals surface area contributed by atoms with E-state index in [1.807, 2.05) is 0 Å². The maximum Gasteiger partial charge on any atom is 0.317 e. The van der Waals surface area contributed by atoms with Crippen LogP contribution in [0.5, 0.6) is 0 Å². The van der Waals surface area contributed by atoms with Crippen molar-refractivity contribution in [3.8, 4) is 0 Å². The Bertz CT molecular complexity index is 252. The normalized spacial score (nSPS) is 21.9. The molecule has 1 aliphatic heterocycles. The Balaban J connectivity index is 2.79. The Kier molecular flexibility index (Phi) is 3.89. The van der Waals surface area contributed by atoms with E-state index in [2.05, 4.69) is 25.5 Å². The van der Waals surface area contributed by atoms with E-state index >= 15 is 0 Å². The summed E-state index contributed by atoms with van der Waals surface area (Å²) in [5.74, 6) is -0.891. The number of esters is 2. The van der Waals surface area contributed by atoms with E-state index in [0.29, 0.717) is 0 Å². The van der Waals surface area contributed by atoms with Gasteiger partial charge in [0.25, 0.3) is 0 Å². The van der Waals surface area contributed by atoms with Crippen LogP contribution >= 0.6 is 0 Å². The number of ether oxygens (including phenoxy) is 1. The lowest BCUT2D eigenvalue weighted by Gasteiger charge is -2.32. The zero-order valence-electron chi connectivity index (χ0n) is 9.84. The maximum atomic E-state index is 11.5. The van der Waals surface area contributed by atoms with Crippen molar-refractivity contribution in [2.24, 2.45) is 11.3 Å². The van der Waals surface area contributed by atoms with E-state index in [-0.39, 0.29) is 29.7 Å². The Hall–Kier alpha value is -0.860. The lowest BCUT2D eigenvalue weighted by Crippen LogP contribution is -2.30. The first-order valence-electron chi connectivity index (χ1n) is 5.78. The quantitative estimate of drug-likeness (QED) is 0.520. The largest absolute Gasteiger partial charge is 0.393 e. The molecule has 3 nitrogen and oxygen atoms in total. The summed E-state index contributed by atoms with van der Waals surface area (Å²) in [7, 11) is 0. The van der Waals surface area contributed by atoms with Gasteiger partial charge >= 0.3 is 11.9 Å². The standard InChI is InChI=1S/C12H20O3/c1-4-6-12(3,7-5-2)9-8-10(13)15-11(9)14/h9H,4-8H2,1-3H3. The summed E-state index contributed by atoms with van der Waals surface area (Å²) in [6.45, 7) is 6.32. The second kappa shape index (κ2) is 4.77. The summed E-state index contributed by atoms with van der Waals surface area (Å²) in [6.07, 6.45) is 4.31. The molecule has 1 saturated heterocycles. The minimum absolute atomic E-state index is 0.0628. The predicted molar refractivity (Wildman–Crippen MR) is 57.1 cm³/mol. The molecule has 1 aliphatic rings. The molecule has 15 heavy (non-hydrogen) atoms. The SMILES string of the molecule is CCCC(C)(CCC)C1CC(=O)OC1=O. The van der Waals surface area contributed by atoms with Crippen molar-refractivity contribution in [1.29, 1.82) is 0 Å². The molecule has 1 unspecified atom stereocenters. The Morgan fingerprint density at radius 3 is 2.13 bits per heavy atom. The van der Waals surface area contributed by atoms with E-state index < -0.39 is 0 Å². The molecule has 86 valence electrons. The van der Waals surface area contributed by atoms with Gasteiger partial charge in [-0.1, -0.05) is 33.6 Å². The molecule has 0 saturated carbocycles. The van der Waals surface area contributed by atoms with Crippen LogP contribution in [0.3, 0.4) is 0 Å². The zero-order valence-corrected chi connectivity index (χ0v) is 9.84. The summed E-state index contributed by atoms with van der Waals surface area (Å²) >= 11 is 0. The number of hydrogen-bond acceptors (Lipinski definition) is 3. The summed E-state index contributed by atoms with van der Waals surface area (Å²) in [5, 5.41) is 0. The van der Waals surface area contributed by atoms with Gasteiger partial charge in [-0.2, -0.15) is 0 Å². The van der Waals surface area contributed by atoms with E-state index in [9.17, 15) is 9.59 Å². The van der Waals surface area contributed by atoms with Crippen molar-refractivity contribution in [3.05, 3.63) is 0 Å². The highest BCUT2D eigenvalue weighted by atomic mass is 16.6. The molecule has 1 heterocycles. The third-order valence-corrected chi connectivity index (χ3v) is 3.35. The number of hydrogen-bond donors (Lipinski definition) is 0. The van der Waals surface area contributed by atoms with E-state index in [0.717, 1.165) is 25.7 Å². The average Bonchev–Trinajstić information content (AvgIpc) is 2.46. The van der Waals surface area contributed by atoms with Crippen molar-refractivity contribution in [1.82, 2.24) is 0 Å². The lowest BCUT2D eigenvalue weighted by atomic mass is 9.70. The molecule has 0 N–H and O–H groups in total. The summed E-state index contributed by atoms with van der Waals surface area (Å²) < 4.78 is 4.63. The minimum atomic E-state index is -0.358. The molecule has 3 heteroatoms. The highest BCUT2D eigenvalue weighted by molar-refractivity contribution is 5.95. The number of rotatable bonds is 5. The van der Waals surface area contributed by atoms with Crippen molar-refractivity contribution in [2.45, 2.75) is 52.9 Å². The molecule has 0 radical (unpaired) electrons. The van der Waals surface area contributed by atoms with Gasteiger partial charge in [0.1, 0.15) is 0 Å². The zero-order chi connectivity index (χ0) is 11.5. The van der Waals surface area contributed by atoms with Gasteiger partial charge in [0.2, 0.25) is 0 Å². The minimum Gasteiger partial charge on any atom is -0.393 e. The molecular weight excluding hydrogens is 192 g/mol. The Labute approximate surface area is 91.2 Å². The van der Waals surface area contributed by atoms with Gasteiger partial charge in [-0.25, -0.2) is 0 Å². The summed E-state index contributed by atoms with van der Waals surface area (Å²) in [4.78, 5) is 22.6. The summed E-state index contributed by atoms with van der Waals surface area (Å²) in [6, 6.07) is 0. The van der Waals surface area contributed by atoms with Crippen molar-refractivity contribution < 1.29 is 14.3 Å². The van der Waals surface area contributed by atoms with Crippen molar-refractivity contribution in [3.63, 3.8) is 0 Å². The van der Waals surface area contributed by atoms with Gasteiger partial charge in [-0.3, -0.25) is 9.59 Å². The fourth-order valence-corrected chi connectivity index (χ4v) is 2.62. The third kappa shape index (κ3) is 2.58. The van der Waals surface area contributed by atoms with Crippen LogP contribution in [0.2, 0.25) is 0 Å². The van der Waals surface area contributed by atoms with Crippen LogP contribution in [-0.4, -0.2) is 11.9 Å². The van der Waals surface area contributed by atoms with Crippen LogP contribution in [0.1, 0.15) is 52.9 Å². The van der Waals surface area contributed by atoms with E-state index in [4.69, 9.17) is 0 Å². The highest BCUT2D eigenvalue weighted by Gasteiger charge is 2.45. The molecule has 0 amide bonds. The van der Waals surface area contributed by atoms with Gasteiger partial charge in [0.15, 0.2) is 0 Å². The molecular formula is C12H20O3. The molecule has 0 spiro atoms. The molecule has 0 aromatic heterocycles. The van der Waals surface area contributed by atoms with Gasteiger partial charge in [-0.05, 0) is 18.3 Å². The topological polar surface area (TPSA) is 43.4 Å². The molecule has 0 aliphatic carbocycles. The van der Waals surface area contributed by atoms with Crippen LogP contribution in [0.15, 0.2) is 0 Å². The fourth-order valence-electron chi connectivity index (χ4n) is 2.62. The molecule has 0 aromatic carbocycles. The van der Waals surface area contributed by atoms with E-state index in [1.165, 1.54) is 0 Å². The fraction of sp³-hybridized carbons (Fsp3) is 0.833. The first kappa shape index (κ1) is 12.2.